The molecule has 7 heteroatoms. The van der Waals surface area contributed by atoms with Crippen LogP contribution in [-0.2, 0) is 21.2 Å². The van der Waals surface area contributed by atoms with Crippen molar-refractivity contribution in [2.45, 2.75) is 17.7 Å². The van der Waals surface area contributed by atoms with E-state index >= 15 is 0 Å². The molecule has 26 heavy (non-hydrogen) atoms. The Kier molecular flexibility index (Phi) is 5.70. The number of hydrogen-bond acceptors (Lipinski definition) is 4. The predicted octanol–water partition coefficient (Wildman–Crippen LogP) is 2.20. The molecule has 0 fully saturated rings. The summed E-state index contributed by atoms with van der Waals surface area (Å²) in [4.78, 5) is 14.7. The minimum Gasteiger partial charge on any atom is -0.385 e. The van der Waals surface area contributed by atoms with Crippen molar-refractivity contribution in [2.24, 2.45) is 0 Å². The highest BCUT2D eigenvalue weighted by molar-refractivity contribution is 7.89. The maximum absolute atomic E-state index is 12.9. The summed E-state index contributed by atoms with van der Waals surface area (Å²) in [5.41, 5.74) is 2.38. The van der Waals surface area contributed by atoms with Gasteiger partial charge >= 0.3 is 0 Å². The summed E-state index contributed by atoms with van der Waals surface area (Å²) in [7, 11) is -2.09. The van der Waals surface area contributed by atoms with E-state index in [-0.39, 0.29) is 17.3 Å². The van der Waals surface area contributed by atoms with Gasteiger partial charge in [-0.2, -0.15) is 0 Å². The molecule has 0 aliphatic carbocycles. The molecule has 1 aliphatic heterocycles. The van der Waals surface area contributed by atoms with E-state index < -0.39 is 10.0 Å². The predicted molar refractivity (Wildman–Crippen MR) is 99.9 cm³/mol. The van der Waals surface area contributed by atoms with Gasteiger partial charge in [-0.05, 0) is 42.7 Å². The first-order valence-corrected chi connectivity index (χ1v) is 10.00. The normalized spacial score (nSPS) is 13.7. The molecule has 0 atom stereocenters. The third-order valence-corrected chi connectivity index (χ3v) is 5.80. The monoisotopic (exact) mass is 374 g/mol. The summed E-state index contributed by atoms with van der Waals surface area (Å²) >= 11 is 0. The van der Waals surface area contributed by atoms with Crippen molar-refractivity contribution in [2.75, 3.05) is 31.7 Å². The third-order valence-electron chi connectivity index (χ3n) is 4.34. The highest BCUT2D eigenvalue weighted by atomic mass is 32.2. The number of fused-ring (bicyclic) bond motifs is 1. The van der Waals surface area contributed by atoms with Crippen LogP contribution in [0.1, 0.15) is 22.3 Å². The smallest absolute Gasteiger partial charge is 0.258 e. The number of benzene rings is 2. The van der Waals surface area contributed by atoms with E-state index in [9.17, 15) is 13.2 Å². The van der Waals surface area contributed by atoms with Gasteiger partial charge < -0.3 is 9.64 Å². The molecule has 1 amide bonds. The number of methoxy groups -OCH3 is 1. The molecule has 3 rings (SSSR count). The SMILES string of the molecule is COCCCNS(=O)(=O)c1cccc(C(=O)N2CCc3ccccc32)c1. The second-order valence-corrected chi connectivity index (χ2v) is 7.87. The first-order valence-electron chi connectivity index (χ1n) is 8.51. The Hall–Kier alpha value is -2.22. The Balaban J connectivity index is 1.78. The van der Waals surface area contributed by atoms with Gasteiger partial charge in [0.2, 0.25) is 10.0 Å². The van der Waals surface area contributed by atoms with Crippen molar-refractivity contribution in [3.8, 4) is 0 Å². The molecule has 0 saturated carbocycles. The number of rotatable bonds is 7. The largest absolute Gasteiger partial charge is 0.385 e. The average molecular weight is 374 g/mol. The van der Waals surface area contributed by atoms with Gasteiger partial charge in [0.25, 0.3) is 5.91 Å². The number of para-hydroxylation sites is 1. The molecule has 0 aromatic heterocycles. The number of carbonyl (C=O) groups is 1. The molecular formula is C19H22N2O4S. The number of carbonyl (C=O) groups excluding carboxylic acids is 1. The number of nitrogens with zero attached hydrogens (tertiary/aromatic N) is 1. The minimum atomic E-state index is -3.66. The van der Waals surface area contributed by atoms with Crippen LogP contribution < -0.4 is 9.62 Å². The summed E-state index contributed by atoms with van der Waals surface area (Å²) in [5.74, 6) is -0.189. The molecule has 0 bridgehead atoms. The number of ether oxygens (including phenoxy) is 1. The van der Waals surface area contributed by atoms with E-state index in [1.165, 1.54) is 12.1 Å². The fourth-order valence-electron chi connectivity index (χ4n) is 3.01. The molecule has 0 saturated heterocycles. The maximum atomic E-state index is 12.9. The number of amides is 1. The molecule has 1 N–H and O–H groups in total. The molecule has 0 spiro atoms. The summed E-state index contributed by atoms with van der Waals surface area (Å²) in [6.07, 6.45) is 1.39. The first-order chi connectivity index (χ1) is 12.5. The Morgan fingerprint density at radius 1 is 1.19 bits per heavy atom. The summed E-state index contributed by atoms with van der Waals surface area (Å²) in [6, 6.07) is 13.9. The highest BCUT2D eigenvalue weighted by Crippen LogP contribution is 2.29. The lowest BCUT2D eigenvalue weighted by Crippen LogP contribution is -2.29. The fraction of sp³-hybridized carbons (Fsp3) is 0.316. The Morgan fingerprint density at radius 3 is 2.81 bits per heavy atom. The van der Waals surface area contributed by atoms with Crippen LogP contribution >= 0.6 is 0 Å². The van der Waals surface area contributed by atoms with Gasteiger partial charge in [0.15, 0.2) is 0 Å². The van der Waals surface area contributed by atoms with Crippen molar-refractivity contribution in [1.82, 2.24) is 4.72 Å². The first kappa shape index (κ1) is 18.6. The summed E-state index contributed by atoms with van der Waals surface area (Å²) in [6.45, 7) is 1.37. The van der Waals surface area contributed by atoms with E-state index in [0.717, 1.165) is 17.7 Å². The number of hydrogen-bond donors (Lipinski definition) is 1. The molecule has 2 aromatic carbocycles. The van der Waals surface area contributed by atoms with Gasteiger partial charge in [-0.3, -0.25) is 4.79 Å². The van der Waals surface area contributed by atoms with Crippen LogP contribution in [0.2, 0.25) is 0 Å². The van der Waals surface area contributed by atoms with Gasteiger partial charge in [0.05, 0.1) is 4.90 Å². The van der Waals surface area contributed by atoms with Gasteiger partial charge in [0.1, 0.15) is 0 Å². The van der Waals surface area contributed by atoms with Crippen LogP contribution in [-0.4, -0.2) is 41.1 Å². The average Bonchev–Trinajstić information content (AvgIpc) is 3.09. The molecular weight excluding hydrogens is 352 g/mol. The molecule has 1 aliphatic rings. The van der Waals surface area contributed by atoms with Crippen LogP contribution in [0.5, 0.6) is 0 Å². The van der Waals surface area contributed by atoms with Crippen molar-refractivity contribution in [3.05, 3.63) is 59.7 Å². The van der Waals surface area contributed by atoms with Gasteiger partial charge in [-0.1, -0.05) is 24.3 Å². The second-order valence-electron chi connectivity index (χ2n) is 6.11. The molecule has 2 aromatic rings. The van der Waals surface area contributed by atoms with E-state index in [2.05, 4.69) is 4.72 Å². The van der Waals surface area contributed by atoms with Crippen LogP contribution in [0.3, 0.4) is 0 Å². The van der Waals surface area contributed by atoms with E-state index in [4.69, 9.17) is 4.74 Å². The summed E-state index contributed by atoms with van der Waals surface area (Å²) < 4.78 is 32.3. The minimum absolute atomic E-state index is 0.0910. The van der Waals surface area contributed by atoms with E-state index in [0.29, 0.717) is 25.1 Å². The standard InChI is InChI=1S/C19H22N2O4S/c1-25-13-5-11-20-26(23,24)17-8-4-7-16(14-17)19(22)21-12-10-15-6-2-3-9-18(15)21/h2-4,6-9,14,20H,5,10-13H2,1H3. The van der Waals surface area contributed by atoms with Crippen molar-refractivity contribution in [3.63, 3.8) is 0 Å². The third kappa shape index (κ3) is 3.95. The Bertz CT molecular complexity index is 896. The second kappa shape index (κ2) is 7.99. The van der Waals surface area contributed by atoms with Crippen LogP contribution in [0, 0.1) is 0 Å². The lowest BCUT2D eigenvalue weighted by molar-refractivity contribution is 0.0989. The summed E-state index contributed by atoms with van der Waals surface area (Å²) in [5, 5.41) is 0. The lowest BCUT2D eigenvalue weighted by atomic mass is 10.1. The Labute approximate surface area is 153 Å². The maximum Gasteiger partial charge on any atom is 0.258 e. The zero-order chi connectivity index (χ0) is 18.6. The van der Waals surface area contributed by atoms with Gasteiger partial charge in [-0.15, -0.1) is 0 Å². The molecule has 0 radical (unpaired) electrons. The highest BCUT2D eigenvalue weighted by Gasteiger charge is 2.26. The molecule has 1 heterocycles. The van der Waals surface area contributed by atoms with Crippen molar-refractivity contribution in [1.29, 1.82) is 0 Å². The topological polar surface area (TPSA) is 75.7 Å². The molecule has 138 valence electrons. The van der Waals surface area contributed by atoms with Crippen LogP contribution in [0.4, 0.5) is 5.69 Å². The van der Waals surface area contributed by atoms with Crippen molar-refractivity contribution >= 4 is 21.6 Å². The molecule has 6 nitrogen and oxygen atoms in total. The van der Waals surface area contributed by atoms with Crippen LogP contribution in [0.25, 0.3) is 0 Å². The zero-order valence-corrected chi connectivity index (χ0v) is 15.5. The number of sulfonamides is 1. The van der Waals surface area contributed by atoms with Gasteiger partial charge in [-0.25, -0.2) is 13.1 Å². The lowest BCUT2D eigenvalue weighted by Gasteiger charge is -2.18. The quantitative estimate of drug-likeness (QED) is 0.754. The van der Waals surface area contributed by atoms with E-state index in [1.54, 1.807) is 24.1 Å². The molecule has 0 unspecified atom stereocenters. The Morgan fingerprint density at radius 2 is 2.00 bits per heavy atom. The van der Waals surface area contributed by atoms with Crippen LogP contribution in [0.15, 0.2) is 53.4 Å². The fourth-order valence-corrected chi connectivity index (χ4v) is 4.13. The van der Waals surface area contributed by atoms with E-state index in [1.807, 2.05) is 24.3 Å². The number of nitrogens with one attached hydrogen (secondary N) is 1. The van der Waals surface area contributed by atoms with Crippen molar-refractivity contribution < 1.29 is 17.9 Å². The number of anilines is 1. The zero-order valence-electron chi connectivity index (χ0n) is 14.6. The van der Waals surface area contributed by atoms with Gasteiger partial charge in [0, 0.05) is 38.1 Å².